The normalized spacial score (nSPS) is 15.4. The molecule has 0 radical (unpaired) electrons. The first-order valence-corrected chi connectivity index (χ1v) is 3.62. The zero-order valence-electron chi connectivity index (χ0n) is 6.07. The maximum Gasteiger partial charge on any atom is 0.136 e. The van der Waals surface area contributed by atoms with E-state index in [1.165, 1.54) is 0 Å². The Balaban J connectivity index is 4.09. The van der Waals surface area contributed by atoms with Gasteiger partial charge in [-0.2, -0.15) is 23.2 Å². The fourth-order valence-electron chi connectivity index (χ4n) is 0.543. The molecule has 2 atom stereocenters. The van der Waals surface area contributed by atoms with Gasteiger partial charge in [0.25, 0.3) is 0 Å². The molecule has 0 bridgehead atoms. The molecular formula is C7H10N2S. The number of nitrogens with zero attached hydrogens (tertiary/aromatic N) is 2. The van der Waals surface area contributed by atoms with Gasteiger partial charge in [0.15, 0.2) is 0 Å². The van der Waals surface area contributed by atoms with Crippen molar-refractivity contribution >= 4 is 12.6 Å². The molecule has 54 valence electrons. The maximum atomic E-state index is 8.44. The molecule has 0 N–H and O–H groups in total. The molecule has 0 aliphatic rings. The lowest BCUT2D eigenvalue weighted by atomic mass is 9.94. The predicted molar refractivity (Wildman–Crippen MR) is 42.3 cm³/mol. The van der Waals surface area contributed by atoms with Crippen LogP contribution in [0.2, 0.25) is 0 Å². The first-order chi connectivity index (χ1) is 4.63. The molecule has 0 unspecified atom stereocenters. The lowest BCUT2D eigenvalue weighted by molar-refractivity contribution is 0.513. The molecule has 0 aromatic carbocycles. The van der Waals surface area contributed by atoms with E-state index in [9.17, 15) is 0 Å². The zero-order chi connectivity index (χ0) is 8.15. The molecule has 0 aromatic heterocycles. The number of hydrogen-bond donors (Lipinski definition) is 1. The molecule has 0 saturated heterocycles. The highest BCUT2D eigenvalue weighted by Crippen LogP contribution is 2.17. The molecule has 0 rings (SSSR count). The number of nitriles is 2. The van der Waals surface area contributed by atoms with Crippen LogP contribution in [0.3, 0.4) is 0 Å². The summed E-state index contributed by atoms with van der Waals surface area (Å²) in [7, 11) is 0. The minimum atomic E-state index is -0.521. The van der Waals surface area contributed by atoms with Crippen molar-refractivity contribution < 1.29 is 0 Å². The van der Waals surface area contributed by atoms with Gasteiger partial charge in [0.1, 0.15) is 5.92 Å². The Bertz CT molecular complexity index is 161. The Morgan fingerprint density at radius 2 is 1.60 bits per heavy atom. The largest absolute Gasteiger partial charge is 0.197 e. The van der Waals surface area contributed by atoms with Gasteiger partial charge in [-0.3, -0.25) is 0 Å². The molecule has 3 heteroatoms. The summed E-state index contributed by atoms with van der Waals surface area (Å²) in [5.41, 5.74) is 0. The van der Waals surface area contributed by atoms with Crippen LogP contribution in [0.25, 0.3) is 0 Å². The van der Waals surface area contributed by atoms with Crippen molar-refractivity contribution in [1.29, 1.82) is 10.5 Å². The summed E-state index contributed by atoms with van der Waals surface area (Å²) in [4.78, 5) is 0. The van der Waals surface area contributed by atoms with Gasteiger partial charge < -0.3 is 0 Å². The second-order valence-electron chi connectivity index (χ2n) is 2.34. The van der Waals surface area contributed by atoms with E-state index in [-0.39, 0.29) is 11.2 Å². The predicted octanol–water partition coefficient (Wildman–Crippen LogP) is 1.60. The van der Waals surface area contributed by atoms with Crippen molar-refractivity contribution in [1.82, 2.24) is 0 Å². The molecule has 0 aliphatic heterocycles. The van der Waals surface area contributed by atoms with Crippen molar-refractivity contribution in [3.05, 3.63) is 0 Å². The van der Waals surface area contributed by atoms with Gasteiger partial charge in [-0.05, 0) is 5.92 Å². The van der Waals surface area contributed by atoms with E-state index in [0.717, 1.165) is 0 Å². The van der Waals surface area contributed by atoms with Gasteiger partial charge in [0, 0.05) is 5.25 Å². The Morgan fingerprint density at radius 3 is 1.70 bits per heavy atom. The SMILES string of the molecule is C[C@H](S)[C@H](C)C(C#N)C#N. The summed E-state index contributed by atoms with van der Waals surface area (Å²) in [6, 6.07) is 3.85. The van der Waals surface area contributed by atoms with Crippen LogP contribution in [0.15, 0.2) is 0 Å². The second kappa shape index (κ2) is 4.19. The second-order valence-corrected chi connectivity index (χ2v) is 3.15. The van der Waals surface area contributed by atoms with Crippen LogP contribution >= 0.6 is 12.6 Å². The minimum Gasteiger partial charge on any atom is -0.197 e. The van der Waals surface area contributed by atoms with E-state index >= 15 is 0 Å². The van der Waals surface area contributed by atoms with Gasteiger partial charge in [-0.15, -0.1) is 0 Å². The molecule has 0 aliphatic carbocycles. The fraction of sp³-hybridized carbons (Fsp3) is 0.714. The summed E-state index contributed by atoms with van der Waals surface area (Å²) >= 11 is 4.14. The maximum absolute atomic E-state index is 8.44. The number of rotatable bonds is 2. The molecule has 0 heterocycles. The first-order valence-electron chi connectivity index (χ1n) is 3.10. The smallest absolute Gasteiger partial charge is 0.136 e. The lowest BCUT2D eigenvalue weighted by Gasteiger charge is -2.13. The van der Waals surface area contributed by atoms with Crippen LogP contribution in [0.4, 0.5) is 0 Å². The molecule has 0 saturated carbocycles. The highest BCUT2D eigenvalue weighted by molar-refractivity contribution is 7.80. The third-order valence-electron chi connectivity index (χ3n) is 1.56. The summed E-state index contributed by atoms with van der Waals surface area (Å²) in [5, 5.41) is 17.0. The van der Waals surface area contributed by atoms with Crippen molar-refractivity contribution in [2.24, 2.45) is 11.8 Å². The zero-order valence-corrected chi connectivity index (χ0v) is 6.97. The van der Waals surface area contributed by atoms with Crippen LogP contribution in [-0.2, 0) is 0 Å². The van der Waals surface area contributed by atoms with Crippen LogP contribution in [0.1, 0.15) is 13.8 Å². The summed E-state index contributed by atoms with van der Waals surface area (Å²) in [6.45, 7) is 3.74. The standard InChI is InChI=1S/C7H10N2S/c1-5(6(2)10)7(3-8)4-9/h5-7,10H,1-2H3/t5-,6-/m0/s1. The van der Waals surface area contributed by atoms with Crippen molar-refractivity contribution in [2.75, 3.05) is 0 Å². The third-order valence-corrected chi connectivity index (χ3v) is 2.04. The average molecular weight is 154 g/mol. The molecule has 0 aromatic rings. The molecular weight excluding hydrogens is 144 g/mol. The summed E-state index contributed by atoms with van der Waals surface area (Å²) in [5.74, 6) is -0.481. The highest BCUT2D eigenvalue weighted by Gasteiger charge is 2.19. The third kappa shape index (κ3) is 2.29. The fourth-order valence-corrected chi connectivity index (χ4v) is 0.715. The van der Waals surface area contributed by atoms with Crippen LogP contribution in [0.5, 0.6) is 0 Å². The summed E-state index contributed by atoms with van der Waals surface area (Å²) < 4.78 is 0. The monoisotopic (exact) mass is 154 g/mol. The van der Waals surface area contributed by atoms with Gasteiger partial charge >= 0.3 is 0 Å². The van der Waals surface area contributed by atoms with Crippen molar-refractivity contribution in [3.8, 4) is 12.1 Å². The lowest BCUT2D eigenvalue weighted by Crippen LogP contribution is -2.16. The number of hydrogen-bond acceptors (Lipinski definition) is 3. The van der Waals surface area contributed by atoms with Crippen LogP contribution in [-0.4, -0.2) is 5.25 Å². The molecule has 2 nitrogen and oxygen atoms in total. The van der Waals surface area contributed by atoms with E-state index < -0.39 is 5.92 Å². The van der Waals surface area contributed by atoms with Gasteiger partial charge in [-0.1, -0.05) is 13.8 Å². The van der Waals surface area contributed by atoms with E-state index in [1.54, 1.807) is 0 Å². The Hall–Kier alpha value is -0.670. The van der Waals surface area contributed by atoms with E-state index in [4.69, 9.17) is 10.5 Å². The minimum absolute atomic E-state index is 0.0401. The molecule has 10 heavy (non-hydrogen) atoms. The van der Waals surface area contributed by atoms with E-state index in [1.807, 2.05) is 26.0 Å². The molecule has 0 spiro atoms. The average Bonchev–Trinajstić information content (AvgIpc) is 1.90. The highest BCUT2D eigenvalue weighted by atomic mass is 32.1. The van der Waals surface area contributed by atoms with Gasteiger partial charge in [0.05, 0.1) is 12.1 Å². The van der Waals surface area contributed by atoms with Crippen LogP contribution in [0, 0.1) is 34.5 Å². The summed E-state index contributed by atoms with van der Waals surface area (Å²) in [6.07, 6.45) is 0. The first kappa shape index (κ1) is 9.33. The van der Waals surface area contributed by atoms with E-state index in [2.05, 4.69) is 12.6 Å². The van der Waals surface area contributed by atoms with Gasteiger partial charge in [-0.25, -0.2) is 0 Å². The van der Waals surface area contributed by atoms with Crippen molar-refractivity contribution in [3.63, 3.8) is 0 Å². The Morgan fingerprint density at radius 1 is 1.20 bits per heavy atom. The Kier molecular flexibility index (Phi) is 3.91. The quantitative estimate of drug-likeness (QED) is 0.614. The topological polar surface area (TPSA) is 47.6 Å². The number of thiol groups is 1. The van der Waals surface area contributed by atoms with Gasteiger partial charge in [0.2, 0.25) is 0 Å². The van der Waals surface area contributed by atoms with Crippen LogP contribution < -0.4 is 0 Å². The Labute approximate surface area is 66.9 Å². The van der Waals surface area contributed by atoms with E-state index in [0.29, 0.717) is 0 Å². The van der Waals surface area contributed by atoms with Crippen molar-refractivity contribution in [2.45, 2.75) is 19.1 Å². The molecule has 0 amide bonds. The molecule has 0 fully saturated rings.